The van der Waals surface area contributed by atoms with Crippen LogP contribution < -0.4 is 10.2 Å². The van der Waals surface area contributed by atoms with Gasteiger partial charge in [0.1, 0.15) is 6.26 Å². The third-order valence-electron chi connectivity index (χ3n) is 3.26. The second kappa shape index (κ2) is 6.75. The van der Waals surface area contributed by atoms with Crippen LogP contribution in [0.3, 0.4) is 0 Å². The van der Waals surface area contributed by atoms with E-state index >= 15 is 0 Å². The standard InChI is InChI=1S/C13H24N4O/c1-3-5-14-10-12-11-18-13(15-12)17-7-4-6-16(2)8-9-17/h11,14H,3-10H2,1-2H3. The van der Waals surface area contributed by atoms with Gasteiger partial charge in [-0.1, -0.05) is 6.92 Å². The summed E-state index contributed by atoms with van der Waals surface area (Å²) in [5, 5.41) is 3.34. The molecule has 5 nitrogen and oxygen atoms in total. The van der Waals surface area contributed by atoms with Gasteiger partial charge in [-0.2, -0.15) is 4.98 Å². The third-order valence-corrected chi connectivity index (χ3v) is 3.26. The van der Waals surface area contributed by atoms with Crippen LogP contribution in [-0.2, 0) is 6.54 Å². The predicted molar refractivity (Wildman–Crippen MR) is 72.8 cm³/mol. The van der Waals surface area contributed by atoms with Crippen molar-refractivity contribution in [3.8, 4) is 0 Å². The molecule has 0 bridgehead atoms. The van der Waals surface area contributed by atoms with Crippen molar-refractivity contribution in [2.24, 2.45) is 0 Å². The zero-order valence-corrected chi connectivity index (χ0v) is 11.5. The molecule has 1 N–H and O–H groups in total. The van der Waals surface area contributed by atoms with Gasteiger partial charge < -0.3 is 19.5 Å². The summed E-state index contributed by atoms with van der Waals surface area (Å²) >= 11 is 0. The van der Waals surface area contributed by atoms with Crippen LogP contribution in [0.1, 0.15) is 25.5 Å². The summed E-state index contributed by atoms with van der Waals surface area (Å²) in [6.45, 7) is 8.25. The lowest BCUT2D eigenvalue weighted by Crippen LogP contribution is -2.29. The van der Waals surface area contributed by atoms with E-state index in [0.717, 1.165) is 57.4 Å². The van der Waals surface area contributed by atoms with Crippen LogP contribution in [0.15, 0.2) is 10.7 Å². The van der Waals surface area contributed by atoms with Crippen molar-refractivity contribution in [2.75, 3.05) is 44.7 Å². The van der Waals surface area contributed by atoms with Crippen LogP contribution in [0.25, 0.3) is 0 Å². The van der Waals surface area contributed by atoms with E-state index in [1.54, 1.807) is 6.26 Å². The average molecular weight is 252 g/mol. The molecule has 1 aliphatic heterocycles. The third kappa shape index (κ3) is 3.71. The number of anilines is 1. The highest BCUT2D eigenvalue weighted by Gasteiger charge is 2.16. The first kappa shape index (κ1) is 13.4. The predicted octanol–water partition coefficient (Wildman–Crippen LogP) is 1.32. The molecule has 1 aliphatic rings. The van der Waals surface area contributed by atoms with Gasteiger partial charge in [0.2, 0.25) is 0 Å². The van der Waals surface area contributed by atoms with Gasteiger partial charge in [0.15, 0.2) is 0 Å². The van der Waals surface area contributed by atoms with Crippen molar-refractivity contribution < 1.29 is 4.42 Å². The Bertz CT molecular complexity index is 353. The maximum atomic E-state index is 5.58. The second-order valence-electron chi connectivity index (χ2n) is 4.94. The summed E-state index contributed by atoms with van der Waals surface area (Å²) in [7, 11) is 2.17. The SMILES string of the molecule is CCCNCc1coc(N2CCCN(C)CC2)n1. The molecule has 0 aliphatic carbocycles. The zero-order chi connectivity index (χ0) is 12.8. The molecule has 1 aromatic heterocycles. The molecule has 0 spiro atoms. The topological polar surface area (TPSA) is 44.5 Å². The van der Waals surface area contributed by atoms with Crippen molar-refractivity contribution >= 4 is 6.01 Å². The Balaban J connectivity index is 1.88. The van der Waals surface area contributed by atoms with E-state index in [0.29, 0.717) is 0 Å². The van der Waals surface area contributed by atoms with Crippen LogP contribution in [0.2, 0.25) is 0 Å². The Labute approximate surface area is 109 Å². The monoisotopic (exact) mass is 252 g/mol. The minimum absolute atomic E-state index is 0.776. The first-order chi connectivity index (χ1) is 8.79. The Morgan fingerprint density at radius 2 is 2.22 bits per heavy atom. The minimum atomic E-state index is 0.776. The molecule has 0 amide bonds. The number of aromatic nitrogens is 1. The van der Waals surface area contributed by atoms with Crippen LogP contribution in [0.5, 0.6) is 0 Å². The molecule has 0 atom stereocenters. The molecule has 0 saturated carbocycles. The van der Waals surface area contributed by atoms with Crippen molar-refractivity contribution in [2.45, 2.75) is 26.3 Å². The van der Waals surface area contributed by atoms with E-state index in [4.69, 9.17) is 4.42 Å². The molecule has 2 rings (SSSR count). The summed E-state index contributed by atoms with van der Waals surface area (Å²) in [5.74, 6) is 0. The molecule has 102 valence electrons. The maximum Gasteiger partial charge on any atom is 0.297 e. The number of rotatable bonds is 5. The largest absolute Gasteiger partial charge is 0.432 e. The summed E-state index contributed by atoms with van der Waals surface area (Å²) in [4.78, 5) is 9.15. The molecule has 1 fully saturated rings. The van der Waals surface area contributed by atoms with Crippen molar-refractivity contribution in [3.05, 3.63) is 12.0 Å². The second-order valence-corrected chi connectivity index (χ2v) is 4.94. The summed E-state index contributed by atoms with van der Waals surface area (Å²) < 4.78 is 5.58. The van der Waals surface area contributed by atoms with Crippen molar-refractivity contribution in [1.82, 2.24) is 15.2 Å². The van der Waals surface area contributed by atoms with Gasteiger partial charge in [-0.05, 0) is 33.0 Å². The van der Waals surface area contributed by atoms with Crippen LogP contribution in [0, 0.1) is 0 Å². The molecule has 2 heterocycles. The number of nitrogens with zero attached hydrogens (tertiary/aromatic N) is 3. The molecule has 0 radical (unpaired) electrons. The van der Waals surface area contributed by atoms with Crippen LogP contribution in [0.4, 0.5) is 6.01 Å². The Hall–Kier alpha value is -1.07. The minimum Gasteiger partial charge on any atom is -0.432 e. The van der Waals surface area contributed by atoms with E-state index in [1.807, 2.05) is 0 Å². The van der Waals surface area contributed by atoms with E-state index in [2.05, 4.69) is 34.1 Å². The van der Waals surface area contributed by atoms with E-state index < -0.39 is 0 Å². The lowest BCUT2D eigenvalue weighted by molar-refractivity contribution is 0.359. The number of hydrogen-bond acceptors (Lipinski definition) is 5. The first-order valence-corrected chi connectivity index (χ1v) is 6.88. The number of nitrogens with one attached hydrogen (secondary N) is 1. The van der Waals surface area contributed by atoms with Gasteiger partial charge in [0.05, 0.1) is 5.69 Å². The average Bonchev–Trinajstić information content (AvgIpc) is 2.72. The van der Waals surface area contributed by atoms with Crippen molar-refractivity contribution in [3.63, 3.8) is 0 Å². The highest BCUT2D eigenvalue weighted by molar-refractivity contribution is 5.27. The highest BCUT2D eigenvalue weighted by atomic mass is 16.4. The lowest BCUT2D eigenvalue weighted by atomic mass is 10.4. The fourth-order valence-corrected chi connectivity index (χ4v) is 2.15. The van der Waals surface area contributed by atoms with Gasteiger partial charge >= 0.3 is 0 Å². The highest BCUT2D eigenvalue weighted by Crippen LogP contribution is 2.15. The molecular weight excluding hydrogens is 228 g/mol. The quantitative estimate of drug-likeness (QED) is 0.801. The lowest BCUT2D eigenvalue weighted by Gasteiger charge is -2.17. The van der Waals surface area contributed by atoms with Crippen LogP contribution >= 0.6 is 0 Å². The van der Waals surface area contributed by atoms with Gasteiger partial charge in [0.25, 0.3) is 6.01 Å². The van der Waals surface area contributed by atoms with E-state index in [1.165, 1.54) is 6.42 Å². The first-order valence-electron chi connectivity index (χ1n) is 6.88. The molecule has 1 aromatic rings. The number of hydrogen-bond donors (Lipinski definition) is 1. The fourth-order valence-electron chi connectivity index (χ4n) is 2.15. The summed E-state index contributed by atoms with van der Waals surface area (Å²) in [5.41, 5.74) is 0.996. The normalized spacial score (nSPS) is 18.0. The molecule has 18 heavy (non-hydrogen) atoms. The number of oxazole rings is 1. The summed E-state index contributed by atoms with van der Waals surface area (Å²) in [6, 6.07) is 0.776. The van der Waals surface area contributed by atoms with Crippen molar-refractivity contribution in [1.29, 1.82) is 0 Å². The Kier molecular flexibility index (Phi) is 5.01. The molecule has 0 aromatic carbocycles. The fraction of sp³-hybridized carbons (Fsp3) is 0.769. The zero-order valence-electron chi connectivity index (χ0n) is 11.5. The van der Waals surface area contributed by atoms with Crippen LogP contribution in [-0.4, -0.2) is 49.7 Å². The van der Waals surface area contributed by atoms with E-state index in [9.17, 15) is 0 Å². The molecule has 0 unspecified atom stereocenters. The van der Waals surface area contributed by atoms with E-state index in [-0.39, 0.29) is 0 Å². The summed E-state index contributed by atoms with van der Waals surface area (Å²) in [6.07, 6.45) is 4.08. The van der Waals surface area contributed by atoms with Gasteiger partial charge in [-0.25, -0.2) is 0 Å². The van der Waals surface area contributed by atoms with Gasteiger partial charge in [-0.3, -0.25) is 0 Å². The Morgan fingerprint density at radius 3 is 3.06 bits per heavy atom. The molecule has 5 heteroatoms. The molecular formula is C13H24N4O. The molecule has 1 saturated heterocycles. The van der Waals surface area contributed by atoms with Gasteiger partial charge in [0, 0.05) is 26.2 Å². The Morgan fingerprint density at radius 1 is 1.33 bits per heavy atom. The van der Waals surface area contributed by atoms with Gasteiger partial charge in [-0.15, -0.1) is 0 Å². The number of likely N-dealkylation sites (N-methyl/N-ethyl adjacent to an activating group) is 1. The smallest absolute Gasteiger partial charge is 0.297 e. The maximum absolute atomic E-state index is 5.58.